The van der Waals surface area contributed by atoms with Crippen LogP contribution in [0.2, 0.25) is 0 Å². The van der Waals surface area contributed by atoms with Crippen molar-refractivity contribution in [2.45, 2.75) is 26.8 Å². The minimum absolute atomic E-state index is 0.0455. The maximum atomic E-state index is 12.8. The van der Waals surface area contributed by atoms with Crippen molar-refractivity contribution in [3.05, 3.63) is 65.0 Å². The Balaban J connectivity index is 2.21. The van der Waals surface area contributed by atoms with Crippen molar-refractivity contribution in [3.8, 4) is 0 Å². The third-order valence-electron chi connectivity index (χ3n) is 3.48. The van der Waals surface area contributed by atoms with Gasteiger partial charge in [0, 0.05) is 31.0 Å². The first-order valence-corrected chi connectivity index (χ1v) is 7.56. The van der Waals surface area contributed by atoms with E-state index in [1.807, 2.05) is 43.0 Å². The number of pyridine rings is 1. The fraction of sp³-hybridized carbons (Fsp3) is 0.333. The molecule has 0 bridgehead atoms. The molecule has 0 aliphatic carbocycles. The SMILES string of the molecule is Cc1cc(C)cc(C(=O)N(CCCN)Cc2cccnc2)c1. The Morgan fingerprint density at radius 2 is 1.95 bits per heavy atom. The Bertz CT molecular complexity index is 605. The highest BCUT2D eigenvalue weighted by atomic mass is 16.2. The van der Waals surface area contributed by atoms with Crippen LogP contribution in [-0.4, -0.2) is 28.9 Å². The number of carbonyl (C=O) groups excluding carboxylic acids is 1. The molecule has 0 unspecified atom stereocenters. The molecule has 1 amide bonds. The summed E-state index contributed by atoms with van der Waals surface area (Å²) in [4.78, 5) is 18.8. The molecule has 0 radical (unpaired) electrons. The van der Waals surface area contributed by atoms with Gasteiger partial charge in [-0.25, -0.2) is 0 Å². The van der Waals surface area contributed by atoms with E-state index >= 15 is 0 Å². The Morgan fingerprint density at radius 3 is 2.55 bits per heavy atom. The summed E-state index contributed by atoms with van der Waals surface area (Å²) < 4.78 is 0. The number of hydrogen-bond acceptors (Lipinski definition) is 3. The van der Waals surface area contributed by atoms with Crippen LogP contribution in [0.4, 0.5) is 0 Å². The van der Waals surface area contributed by atoms with E-state index in [4.69, 9.17) is 5.73 Å². The van der Waals surface area contributed by atoms with Gasteiger partial charge in [-0.1, -0.05) is 23.3 Å². The smallest absolute Gasteiger partial charge is 0.254 e. The number of aryl methyl sites for hydroxylation is 2. The molecule has 0 saturated carbocycles. The van der Waals surface area contributed by atoms with Crippen molar-refractivity contribution >= 4 is 5.91 Å². The van der Waals surface area contributed by atoms with Crippen molar-refractivity contribution < 1.29 is 4.79 Å². The van der Waals surface area contributed by atoms with Gasteiger partial charge in [0.05, 0.1) is 0 Å². The predicted octanol–water partition coefficient (Wildman–Crippen LogP) is 2.69. The largest absolute Gasteiger partial charge is 0.334 e. The molecule has 0 spiro atoms. The van der Waals surface area contributed by atoms with E-state index in [1.54, 1.807) is 12.4 Å². The highest BCUT2D eigenvalue weighted by Gasteiger charge is 2.16. The zero-order valence-corrected chi connectivity index (χ0v) is 13.2. The molecule has 0 aliphatic heterocycles. The molecule has 2 rings (SSSR count). The minimum Gasteiger partial charge on any atom is -0.334 e. The standard InChI is InChI=1S/C18H23N3O/c1-14-9-15(2)11-17(10-14)18(22)21(8-4-6-19)13-16-5-3-7-20-12-16/h3,5,7,9-12H,4,6,8,13,19H2,1-2H3. The van der Waals surface area contributed by atoms with E-state index < -0.39 is 0 Å². The second-order valence-corrected chi connectivity index (χ2v) is 5.61. The molecule has 4 nitrogen and oxygen atoms in total. The second-order valence-electron chi connectivity index (χ2n) is 5.61. The molecule has 4 heteroatoms. The van der Waals surface area contributed by atoms with Crippen molar-refractivity contribution in [1.82, 2.24) is 9.88 Å². The van der Waals surface area contributed by atoms with Gasteiger partial charge in [-0.2, -0.15) is 0 Å². The van der Waals surface area contributed by atoms with Crippen LogP contribution in [0.25, 0.3) is 0 Å². The molecular formula is C18H23N3O. The van der Waals surface area contributed by atoms with Crippen LogP contribution in [0.1, 0.15) is 33.5 Å². The first-order chi connectivity index (χ1) is 10.6. The summed E-state index contributed by atoms with van der Waals surface area (Å²) in [6.45, 7) is 5.80. The number of aromatic nitrogens is 1. The first-order valence-electron chi connectivity index (χ1n) is 7.56. The number of nitrogens with zero attached hydrogens (tertiary/aromatic N) is 2. The minimum atomic E-state index is 0.0455. The van der Waals surface area contributed by atoms with Crippen LogP contribution >= 0.6 is 0 Å². The molecule has 2 aromatic rings. The third kappa shape index (κ3) is 4.40. The average molecular weight is 297 g/mol. The highest BCUT2D eigenvalue weighted by molar-refractivity contribution is 5.94. The third-order valence-corrected chi connectivity index (χ3v) is 3.48. The summed E-state index contributed by atoms with van der Waals surface area (Å²) in [7, 11) is 0. The molecule has 0 fully saturated rings. The molecule has 0 atom stereocenters. The van der Waals surface area contributed by atoms with Gasteiger partial charge >= 0.3 is 0 Å². The van der Waals surface area contributed by atoms with Gasteiger partial charge in [-0.15, -0.1) is 0 Å². The molecule has 2 N–H and O–H groups in total. The van der Waals surface area contributed by atoms with Gasteiger partial charge in [0.1, 0.15) is 0 Å². The Labute approximate surface area is 132 Å². The number of amides is 1. The lowest BCUT2D eigenvalue weighted by molar-refractivity contribution is 0.0742. The molecular weight excluding hydrogens is 274 g/mol. The van der Waals surface area contributed by atoms with Crippen LogP contribution in [0.3, 0.4) is 0 Å². The lowest BCUT2D eigenvalue weighted by Crippen LogP contribution is -2.32. The average Bonchev–Trinajstić information content (AvgIpc) is 2.50. The molecule has 1 aromatic heterocycles. The molecule has 22 heavy (non-hydrogen) atoms. The lowest BCUT2D eigenvalue weighted by atomic mass is 10.1. The predicted molar refractivity (Wildman–Crippen MR) is 88.6 cm³/mol. The number of rotatable bonds is 6. The van der Waals surface area contributed by atoms with Crippen LogP contribution in [-0.2, 0) is 6.54 Å². The van der Waals surface area contributed by atoms with Crippen molar-refractivity contribution in [3.63, 3.8) is 0 Å². The van der Waals surface area contributed by atoms with Crippen LogP contribution < -0.4 is 5.73 Å². The number of benzene rings is 1. The molecule has 1 aromatic carbocycles. The quantitative estimate of drug-likeness (QED) is 0.892. The zero-order valence-electron chi connectivity index (χ0n) is 13.2. The Hall–Kier alpha value is -2.20. The summed E-state index contributed by atoms with van der Waals surface area (Å²) in [5.74, 6) is 0.0455. The van der Waals surface area contributed by atoms with E-state index in [2.05, 4.69) is 11.1 Å². The monoisotopic (exact) mass is 297 g/mol. The van der Waals surface area contributed by atoms with Gasteiger partial charge in [0.15, 0.2) is 0 Å². The Morgan fingerprint density at radius 1 is 1.23 bits per heavy atom. The van der Waals surface area contributed by atoms with Gasteiger partial charge in [-0.05, 0) is 50.6 Å². The first kappa shape index (κ1) is 16.2. The normalized spacial score (nSPS) is 10.5. The molecule has 0 aliphatic rings. The number of nitrogens with two attached hydrogens (primary N) is 1. The molecule has 1 heterocycles. The van der Waals surface area contributed by atoms with E-state index in [0.717, 1.165) is 28.7 Å². The number of hydrogen-bond donors (Lipinski definition) is 1. The van der Waals surface area contributed by atoms with E-state index in [1.165, 1.54) is 0 Å². The fourth-order valence-corrected chi connectivity index (χ4v) is 2.53. The van der Waals surface area contributed by atoms with Crippen molar-refractivity contribution in [2.75, 3.05) is 13.1 Å². The van der Waals surface area contributed by atoms with Gasteiger partial charge in [0.2, 0.25) is 0 Å². The summed E-state index contributed by atoms with van der Waals surface area (Å²) in [6.07, 6.45) is 4.32. The summed E-state index contributed by atoms with van der Waals surface area (Å²) in [5.41, 5.74) is 9.57. The Kier molecular flexibility index (Phi) is 5.67. The highest BCUT2D eigenvalue weighted by Crippen LogP contribution is 2.14. The van der Waals surface area contributed by atoms with Gasteiger partial charge in [0.25, 0.3) is 5.91 Å². The summed E-state index contributed by atoms with van der Waals surface area (Å²) >= 11 is 0. The van der Waals surface area contributed by atoms with Gasteiger partial charge < -0.3 is 10.6 Å². The molecule has 0 saturated heterocycles. The number of carbonyl (C=O) groups is 1. The van der Waals surface area contributed by atoms with E-state index in [9.17, 15) is 4.79 Å². The summed E-state index contributed by atoms with van der Waals surface area (Å²) in [6, 6.07) is 9.82. The van der Waals surface area contributed by atoms with Gasteiger partial charge in [-0.3, -0.25) is 9.78 Å². The topological polar surface area (TPSA) is 59.2 Å². The lowest BCUT2D eigenvalue weighted by Gasteiger charge is -2.23. The van der Waals surface area contributed by atoms with Crippen LogP contribution in [0.5, 0.6) is 0 Å². The van der Waals surface area contributed by atoms with Crippen molar-refractivity contribution in [1.29, 1.82) is 0 Å². The maximum absolute atomic E-state index is 12.8. The van der Waals surface area contributed by atoms with Crippen LogP contribution in [0, 0.1) is 13.8 Å². The van der Waals surface area contributed by atoms with Crippen LogP contribution in [0.15, 0.2) is 42.7 Å². The van der Waals surface area contributed by atoms with E-state index in [0.29, 0.717) is 19.6 Å². The molecule has 116 valence electrons. The second kappa shape index (κ2) is 7.71. The fourth-order valence-electron chi connectivity index (χ4n) is 2.53. The maximum Gasteiger partial charge on any atom is 0.254 e. The van der Waals surface area contributed by atoms with E-state index in [-0.39, 0.29) is 5.91 Å². The van der Waals surface area contributed by atoms with Crippen molar-refractivity contribution in [2.24, 2.45) is 5.73 Å². The zero-order chi connectivity index (χ0) is 15.9. The summed E-state index contributed by atoms with van der Waals surface area (Å²) in [5, 5.41) is 0.